The van der Waals surface area contributed by atoms with Gasteiger partial charge < -0.3 is 20.7 Å². The van der Waals surface area contributed by atoms with Crippen molar-refractivity contribution in [1.82, 2.24) is 4.72 Å². The molecule has 1 amide bonds. The molecule has 0 spiro atoms. The average Bonchev–Trinajstić information content (AvgIpc) is 2.72. The third-order valence-corrected chi connectivity index (χ3v) is 4.29. The van der Waals surface area contributed by atoms with Crippen LogP contribution in [0.4, 0.5) is 5.69 Å². The van der Waals surface area contributed by atoms with Crippen molar-refractivity contribution < 1.29 is 32.3 Å². The standard InChI is InChI=1S/C13H18N2O7S/c1-7-11(16)12(17)10(22-7)6-21-23(19,20)15-13(18)8-4-2-3-5-9(8)14/h2-5,7,10-12,16-17H,6,14H2,1H3,(H,15,18)/t7-,10+,11-,12+/m0/s1. The summed E-state index contributed by atoms with van der Waals surface area (Å²) in [4.78, 5) is 11.9. The lowest BCUT2D eigenvalue weighted by atomic mass is 10.1. The van der Waals surface area contributed by atoms with Gasteiger partial charge in [-0.25, -0.2) is 4.72 Å². The Morgan fingerprint density at radius 2 is 2.00 bits per heavy atom. The summed E-state index contributed by atoms with van der Waals surface area (Å²) >= 11 is 0. The topological polar surface area (TPSA) is 148 Å². The number of nitrogens with one attached hydrogen (secondary N) is 1. The molecule has 2 rings (SSSR count). The van der Waals surface area contributed by atoms with E-state index in [4.69, 9.17) is 10.5 Å². The first-order valence-corrected chi connectivity index (χ1v) is 8.19. The Balaban J connectivity index is 1.95. The van der Waals surface area contributed by atoms with E-state index in [0.29, 0.717) is 0 Å². The molecule has 1 aromatic carbocycles. The average molecular weight is 346 g/mol. The van der Waals surface area contributed by atoms with Crippen LogP contribution in [-0.2, 0) is 19.2 Å². The van der Waals surface area contributed by atoms with E-state index in [-0.39, 0.29) is 11.3 Å². The third-order valence-electron chi connectivity index (χ3n) is 3.41. The number of nitrogen functional groups attached to an aromatic ring is 1. The molecule has 0 aliphatic carbocycles. The molecule has 0 unspecified atom stereocenters. The Morgan fingerprint density at radius 1 is 1.35 bits per heavy atom. The highest BCUT2D eigenvalue weighted by atomic mass is 32.2. The summed E-state index contributed by atoms with van der Waals surface area (Å²) in [6.45, 7) is 0.984. The molecule has 1 aromatic rings. The fraction of sp³-hybridized carbons (Fsp3) is 0.462. The summed E-state index contributed by atoms with van der Waals surface area (Å²) in [6.07, 6.45) is -4.08. The lowest BCUT2D eigenvalue weighted by molar-refractivity contribution is -0.00988. The molecule has 0 saturated carbocycles. The maximum absolute atomic E-state index is 11.9. The molecule has 1 aliphatic heterocycles. The molecule has 9 nitrogen and oxygen atoms in total. The Labute approximate surface area is 133 Å². The summed E-state index contributed by atoms with van der Waals surface area (Å²) < 4.78 is 35.0. The molecule has 10 heteroatoms. The van der Waals surface area contributed by atoms with E-state index in [1.165, 1.54) is 25.1 Å². The number of anilines is 1. The Bertz CT molecular complexity index is 679. The molecule has 5 N–H and O–H groups in total. The molecule has 128 valence electrons. The number of ether oxygens (including phenoxy) is 1. The van der Waals surface area contributed by atoms with Gasteiger partial charge in [-0.05, 0) is 19.1 Å². The number of hydrogen-bond donors (Lipinski definition) is 4. The minimum Gasteiger partial charge on any atom is -0.398 e. The van der Waals surface area contributed by atoms with Gasteiger partial charge in [0.05, 0.1) is 18.3 Å². The number of aliphatic hydroxyl groups is 2. The maximum Gasteiger partial charge on any atom is 0.362 e. The normalized spacial score (nSPS) is 27.8. The van der Waals surface area contributed by atoms with Crippen molar-refractivity contribution in [1.29, 1.82) is 0 Å². The number of rotatable bonds is 5. The quantitative estimate of drug-likeness (QED) is 0.484. The van der Waals surface area contributed by atoms with Gasteiger partial charge in [0.15, 0.2) is 0 Å². The highest BCUT2D eigenvalue weighted by Gasteiger charge is 2.41. The maximum atomic E-state index is 11.9. The van der Waals surface area contributed by atoms with Crippen LogP contribution in [-0.4, -0.2) is 55.6 Å². The second kappa shape index (κ2) is 6.81. The predicted molar refractivity (Wildman–Crippen MR) is 79.5 cm³/mol. The zero-order chi connectivity index (χ0) is 17.2. The van der Waals surface area contributed by atoms with Crippen LogP contribution in [0.25, 0.3) is 0 Å². The zero-order valence-electron chi connectivity index (χ0n) is 12.2. The minimum atomic E-state index is -4.42. The highest BCUT2D eigenvalue weighted by Crippen LogP contribution is 2.21. The first-order chi connectivity index (χ1) is 10.7. The van der Waals surface area contributed by atoms with Gasteiger partial charge in [0, 0.05) is 5.69 Å². The number of hydrogen-bond acceptors (Lipinski definition) is 8. The molecule has 23 heavy (non-hydrogen) atoms. The van der Waals surface area contributed by atoms with E-state index < -0.39 is 47.2 Å². The van der Waals surface area contributed by atoms with Crippen LogP contribution in [0.1, 0.15) is 17.3 Å². The fourth-order valence-corrected chi connectivity index (χ4v) is 2.84. The van der Waals surface area contributed by atoms with E-state index in [1.54, 1.807) is 10.8 Å². The van der Waals surface area contributed by atoms with Crippen LogP contribution in [0.15, 0.2) is 24.3 Å². The molecular weight excluding hydrogens is 328 g/mol. The molecule has 1 heterocycles. The second-order valence-electron chi connectivity index (χ2n) is 5.12. The second-order valence-corrected chi connectivity index (χ2v) is 6.47. The Morgan fingerprint density at radius 3 is 2.57 bits per heavy atom. The van der Waals surface area contributed by atoms with Crippen molar-refractivity contribution in [3.05, 3.63) is 29.8 Å². The van der Waals surface area contributed by atoms with Crippen LogP contribution in [0.5, 0.6) is 0 Å². The van der Waals surface area contributed by atoms with Gasteiger partial charge in [-0.3, -0.25) is 8.98 Å². The number of carbonyl (C=O) groups excluding carboxylic acids is 1. The van der Waals surface area contributed by atoms with Crippen molar-refractivity contribution in [3.8, 4) is 0 Å². The zero-order valence-corrected chi connectivity index (χ0v) is 13.1. The van der Waals surface area contributed by atoms with Crippen LogP contribution in [0, 0.1) is 0 Å². The summed E-state index contributed by atoms with van der Waals surface area (Å²) in [5, 5.41) is 19.2. The minimum absolute atomic E-state index is 0.0131. The molecule has 0 radical (unpaired) electrons. The number of carbonyl (C=O) groups is 1. The fourth-order valence-electron chi connectivity index (χ4n) is 2.13. The smallest absolute Gasteiger partial charge is 0.362 e. The van der Waals surface area contributed by atoms with Gasteiger partial charge in [-0.2, -0.15) is 8.42 Å². The van der Waals surface area contributed by atoms with Crippen molar-refractivity contribution in [2.24, 2.45) is 0 Å². The summed E-state index contributed by atoms with van der Waals surface area (Å²) in [7, 11) is -4.42. The number of aliphatic hydroxyl groups excluding tert-OH is 2. The molecule has 0 aromatic heterocycles. The van der Waals surface area contributed by atoms with Gasteiger partial charge in [-0.1, -0.05) is 12.1 Å². The van der Waals surface area contributed by atoms with E-state index in [1.807, 2.05) is 0 Å². The number of benzene rings is 1. The van der Waals surface area contributed by atoms with Gasteiger partial charge in [0.2, 0.25) is 0 Å². The van der Waals surface area contributed by atoms with Crippen molar-refractivity contribution >= 4 is 21.9 Å². The monoisotopic (exact) mass is 346 g/mol. The van der Waals surface area contributed by atoms with Crippen molar-refractivity contribution in [2.75, 3.05) is 12.3 Å². The number of nitrogens with two attached hydrogens (primary N) is 1. The largest absolute Gasteiger partial charge is 0.398 e. The molecule has 1 saturated heterocycles. The lowest BCUT2D eigenvalue weighted by Gasteiger charge is -2.15. The Hall–Kier alpha value is -1.72. The lowest BCUT2D eigenvalue weighted by Crippen LogP contribution is -2.38. The van der Waals surface area contributed by atoms with Gasteiger partial charge in [0.25, 0.3) is 5.91 Å². The molecular formula is C13H18N2O7S. The third kappa shape index (κ3) is 4.18. The molecule has 1 fully saturated rings. The van der Waals surface area contributed by atoms with Crippen molar-refractivity contribution in [2.45, 2.75) is 31.3 Å². The Kier molecular flexibility index (Phi) is 5.22. The van der Waals surface area contributed by atoms with Crippen LogP contribution < -0.4 is 10.5 Å². The van der Waals surface area contributed by atoms with Gasteiger partial charge >= 0.3 is 10.3 Å². The summed E-state index contributed by atoms with van der Waals surface area (Å²) in [5.41, 5.74) is 5.69. The predicted octanol–water partition coefficient (Wildman–Crippen LogP) is -1.23. The van der Waals surface area contributed by atoms with Crippen LogP contribution >= 0.6 is 0 Å². The summed E-state index contributed by atoms with van der Waals surface area (Å²) in [6, 6.07) is 5.95. The number of amides is 1. The van der Waals surface area contributed by atoms with Gasteiger partial charge in [-0.15, -0.1) is 0 Å². The molecule has 4 atom stereocenters. The first-order valence-electron chi connectivity index (χ1n) is 6.79. The first kappa shape index (κ1) is 17.6. The van der Waals surface area contributed by atoms with E-state index in [2.05, 4.69) is 4.18 Å². The highest BCUT2D eigenvalue weighted by molar-refractivity contribution is 7.85. The summed E-state index contributed by atoms with van der Waals surface area (Å²) in [5.74, 6) is -0.940. The van der Waals surface area contributed by atoms with Crippen LogP contribution in [0.3, 0.4) is 0 Å². The van der Waals surface area contributed by atoms with Crippen molar-refractivity contribution in [3.63, 3.8) is 0 Å². The number of para-hydroxylation sites is 1. The van der Waals surface area contributed by atoms with E-state index >= 15 is 0 Å². The van der Waals surface area contributed by atoms with E-state index in [9.17, 15) is 23.4 Å². The van der Waals surface area contributed by atoms with E-state index in [0.717, 1.165) is 0 Å². The van der Waals surface area contributed by atoms with Gasteiger partial charge in [0.1, 0.15) is 18.3 Å². The SMILES string of the molecule is C[C@@H]1O[C@H](COS(=O)(=O)NC(=O)c2ccccc2N)[C@@H](O)[C@H]1O. The molecule has 1 aliphatic rings. The molecule has 0 bridgehead atoms. The van der Waals surface area contributed by atoms with Crippen LogP contribution in [0.2, 0.25) is 0 Å².